The van der Waals surface area contributed by atoms with Gasteiger partial charge in [0.15, 0.2) is 0 Å². The summed E-state index contributed by atoms with van der Waals surface area (Å²) in [5.41, 5.74) is 0.0561. The lowest BCUT2D eigenvalue weighted by atomic mass is 10.1. The van der Waals surface area contributed by atoms with Crippen molar-refractivity contribution in [1.29, 1.82) is 0 Å². The number of aliphatic carboxylic acids is 1. The minimum absolute atomic E-state index is 0.0561. The van der Waals surface area contributed by atoms with E-state index in [9.17, 15) is 4.79 Å². The van der Waals surface area contributed by atoms with Gasteiger partial charge in [0.25, 0.3) is 0 Å². The van der Waals surface area contributed by atoms with Crippen molar-refractivity contribution in [2.24, 2.45) is 17.3 Å². The fourth-order valence-electron chi connectivity index (χ4n) is 2.00. The molecule has 1 fully saturated rings. The summed E-state index contributed by atoms with van der Waals surface area (Å²) in [6, 6.07) is 0. The monoisotopic (exact) mass is 142 g/mol. The van der Waals surface area contributed by atoms with Crippen LogP contribution in [0.4, 0.5) is 0 Å². The Labute approximate surface area is 61.2 Å². The molecule has 0 amide bonds. The largest absolute Gasteiger partial charge is 0.481 e. The Morgan fingerprint density at radius 1 is 1.60 bits per heavy atom. The van der Waals surface area contributed by atoms with Gasteiger partial charge < -0.3 is 5.11 Å². The Morgan fingerprint density at radius 2 is 2.10 bits per heavy atom. The van der Waals surface area contributed by atoms with Crippen LogP contribution in [0.15, 0.2) is 0 Å². The van der Waals surface area contributed by atoms with Crippen LogP contribution in [0.3, 0.4) is 0 Å². The van der Waals surface area contributed by atoms with Crippen LogP contribution in [0.1, 0.15) is 27.2 Å². The van der Waals surface area contributed by atoms with Crippen molar-refractivity contribution in [2.75, 3.05) is 0 Å². The number of carboxylic acid groups (broad SMARTS) is 1. The van der Waals surface area contributed by atoms with Crippen molar-refractivity contribution < 1.29 is 9.90 Å². The fraction of sp³-hybridized carbons (Fsp3) is 0.875. The highest BCUT2D eigenvalue weighted by Gasteiger charge is 2.60. The molecule has 0 aromatic rings. The molecule has 0 saturated heterocycles. The SMILES string of the molecule is CC[C@@H]1[C@H](C(=O)O)C1(C)C. The number of rotatable bonds is 2. The fourth-order valence-corrected chi connectivity index (χ4v) is 2.00. The Kier molecular flexibility index (Phi) is 1.50. The van der Waals surface area contributed by atoms with Crippen LogP contribution in [-0.4, -0.2) is 11.1 Å². The summed E-state index contributed by atoms with van der Waals surface area (Å²) in [4.78, 5) is 10.5. The van der Waals surface area contributed by atoms with E-state index in [1.807, 2.05) is 13.8 Å². The first-order valence-corrected chi connectivity index (χ1v) is 3.74. The van der Waals surface area contributed by atoms with Gasteiger partial charge in [-0.2, -0.15) is 0 Å². The molecule has 0 bridgehead atoms. The van der Waals surface area contributed by atoms with Crippen molar-refractivity contribution in [1.82, 2.24) is 0 Å². The molecule has 0 aromatic carbocycles. The van der Waals surface area contributed by atoms with Gasteiger partial charge >= 0.3 is 5.97 Å². The van der Waals surface area contributed by atoms with E-state index >= 15 is 0 Å². The second-order valence-corrected chi connectivity index (χ2v) is 3.65. The predicted octanol–water partition coefficient (Wildman–Crippen LogP) is 1.75. The molecule has 1 aliphatic rings. The van der Waals surface area contributed by atoms with Crippen LogP contribution < -0.4 is 0 Å². The molecule has 0 heterocycles. The van der Waals surface area contributed by atoms with Crippen molar-refractivity contribution in [3.63, 3.8) is 0 Å². The Bertz CT molecular complexity index is 161. The molecule has 10 heavy (non-hydrogen) atoms. The van der Waals surface area contributed by atoms with Crippen molar-refractivity contribution in [3.05, 3.63) is 0 Å². The average Bonchev–Trinajstić information content (AvgIpc) is 2.33. The van der Waals surface area contributed by atoms with Crippen LogP contribution in [0.25, 0.3) is 0 Å². The lowest BCUT2D eigenvalue weighted by Gasteiger charge is -1.96. The molecule has 1 saturated carbocycles. The van der Waals surface area contributed by atoms with E-state index in [-0.39, 0.29) is 11.3 Å². The second-order valence-electron chi connectivity index (χ2n) is 3.65. The third-order valence-electron chi connectivity index (χ3n) is 2.76. The predicted molar refractivity (Wildman–Crippen MR) is 38.7 cm³/mol. The molecule has 2 nitrogen and oxygen atoms in total. The summed E-state index contributed by atoms with van der Waals surface area (Å²) in [5, 5.41) is 8.69. The van der Waals surface area contributed by atoms with E-state index in [1.165, 1.54) is 0 Å². The molecule has 2 heteroatoms. The lowest BCUT2D eigenvalue weighted by Crippen LogP contribution is -2.03. The Morgan fingerprint density at radius 3 is 2.20 bits per heavy atom. The molecule has 1 N–H and O–H groups in total. The van der Waals surface area contributed by atoms with Gasteiger partial charge in [-0.15, -0.1) is 0 Å². The maximum absolute atomic E-state index is 10.5. The molecule has 0 aromatic heterocycles. The molecule has 1 rings (SSSR count). The highest BCUT2D eigenvalue weighted by Crippen LogP contribution is 2.59. The maximum Gasteiger partial charge on any atom is 0.307 e. The Hall–Kier alpha value is -0.530. The van der Waals surface area contributed by atoms with Gasteiger partial charge in [0.2, 0.25) is 0 Å². The summed E-state index contributed by atoms with van der Waals surface area (Å²) in [5.74, 6) is -0.306. The molecular formula is C8H14O2. The quantitative estimate of drug-likeness (QED) is 0.637. The van der Waals surface area contributed by atoms with E-state index in [0.29, 0.717) is 5.92 Å². The third-order valence-corrected chi connectivity index (χ3v) is 2.76. The van der Waals surface area contributed by atoms with E-state index in [1.54, 1.807) is 0 Å². The lowest BCUT2D eigenvalue weighted by molar-refractivity contribution is -0.139. The topological polar surface area (TPSA) is 37.3 Å². The third kappa shape index (κ3) is 0.825. The first-order valence-electron chi connectivity index (χ1n) is 3.74. The summed E-state index contributed by atoms with van der Waals surface area (Å²) in [6.45, 7) is 6.11. The highest BCUT2D eigenvalue weighted by molar-refractivity contribution is 5.75. The van der Waals surface area contributed by atoms with Crippen molar-refractivity contribution >= 4 is 5.97 Å². The van der Waals surface area contributed by atoms with Gasteiger partial charge in [0.1, 0.15) is 0 Å². The average molecular weight is 142 g/mol. The number of carboxylic acids is 1. The first kappa shape index (κ1) is 7.58. The summed E-state index contributed by atoms with van der Waals surface area (Å²) in [7, 11) is 0. The smallest absolute Gasteiger partial charge is 0.307 e. The molecule has 1 aliphatic carbocycles. The molecule has 0 unspecified atom stereocenters. The highest BCUT2D eigenvalue weighted by atomic mass is 16.4. The molecule has 0 aliphatic heterocycles. The molecule has 58 valence electrons. The van der Waals surface area contributed by atoms with Crippen LogP contribution in [0, 0.1) is 17.3 Å². The zero-order chi connectivity index (χ0) is 7.94. The van der Waals surface area contributed by atoms with E-state index in [2.05, 4.69) is 6.92 Å². The zero-order valence-electron chi connectivity index (χ0n) is 6.72. The van der Waals surface area contributed by atoms with Gasteiger partial charge in [-0.05, 0) is 11.3 Å². The van der Waals surface area contributed by atoms with Gasteiger partial charge in [-0.3, -0.25) is 4.79 Å². The van der Waals surface area contributed by atoms with Gasteiger partial charge in [0.05, 0.1) is 5.92 Å². The van der Waals surface area contributed by atoms with Gasteiger partial charge in [-0.25, -0.2) is 0 Å². The Balaban J connectivity index is 2.61. The summed E-state index contributed by atoms with van der Waals surface area (Å²) in [6.07, 6.45) is 0.990. The maximum atomic E-state index is 10.5. The van der Waals surface area contributed by atoms with Gasteiger partial charge in [0, 0.05) is 0 Å². The second kappa shape index (κ2) is 1.97. The standard InChI is InChI=1S/C8H14O2/c1-4-5-6(7(9)10)8(5,2)3/h5-6H,4H2,1-3H3,(H,9,10)/t5-,6-/m1/s1. The zero-order valence-corrected chi connectivity index (χ0v) is 6.72. The summed E-state index contributed by atoms with van der Waals surface area (Å²) < 4.78 is 0. The molecule has 0 radical (unpaired) electrons. The van der Waals surface area contributed by atoms with Crippen LogP contribution in [-0.2, 0) is 4.79 Å². The van der Waals surface area contributed by atoms with Crippen LogP contribution in [0.5, 0.6) is 0 Å². The number of hydrogen-bond acceptors (Lipinski definition) is 1. The number of carbonyl (C=O) groups is 1. The molecule has 0 spiro atoms. The first-order chi connectivity index (χ1) is 4.51. The van der Waals surface area contributed by atoms with Crippen molar-refractivity contribution in [3.8, 4) is 0 Å². The van der Waals surface area contributed by atoms with Crippen LogP contribution >= 0.6 is 0 Å². The van der Waals surface area contributed by atoms with E-state index in [0.717, 1.165) is 6.42 Å². The normalized spacial score (nSPS) is 35.5. The van der Waals surface area contributed by atoms with Gasteiger partial charge in [-0.1, -0.05) is 27.2 Å². The number of hydrogen-bond donors (Lipinski definition) is 1. The van der Waals surface area contributed by atoms with Crippen molar-refractivity contribution in [2.45, 2.75) is 27.2 Å². The minimum Gasteiger partial charge on any atom is -0.481 e. The molecular weight excluding hydrogens is 128 g/mol. The van der Waals surface area contributed by atoms with Crippen LogP contribution in [0.2, 0.25) is 0 Å². The summed E-state index contributed by atoms with van der Waals surface area (Å²) >= 11 is 0. The van der Waals surface area contributed by atoms with E-state index < -0.39 is 5.97 Å². The van der Waals surface area contributed by atoms with E-state index in [4.69, 9.17) is 5.11 Å². The molecule has 2 atom stereocenters. The minimum atomic E-state index is -0.628.